The largest absolute Gasteiger partial charge is 0.370 e. The standard InChI is InChI=1S/C12H12ClN3/c13-11-3-1-10(2-4-11)5-8-15-12-6-7-14-9-16-12/h1-4,6-7,9H,5,8H2,(H,14,15,16). The Kier molecular flexibility index (Phi) is 3.72. The molecule has 0 saturated carbocycles. The number of nitrogens with one attached hydrogen (secondary N) is 1. The van der Waals surface area contributed by atoms with Gasteiger partial charge < -0.3 is 5.32 Å². The lowest BCUT2D eigenvalue weighted by molar-refractivity contribution is 0.999. The molecule has 0 spiro atoms. The molecule has 0 saturated heterocycles. The molecule has 0 aliphatic rings. The topological polar surface area (TPSA) is 37.8 Å². The van der Waals surface area contributed by atoms with E-state index in [2.05, 4.69) is 15.3 Å². The van der Waals surface area contributed by atoms with Crippen LogP contribution in [0.3, 0.4) is 0 Å². The molecule has 4 heteroatoms. The number of anilines is 1. The molecule has 82 valence electrons. The molecule has 0 unspecified atom stereocenters. The minimum absolute atomic E-state index is 0.771. The summed E-state index contributed by atoms with van der Waals surface area (Å²) in [7, 11) is 0. The predicted octanol–water partition coefficient (Wildman–Crippen LogP) is 2.78. The van der Waals surface area contributed by atoms with Gasteiger partial charge >= 0.3 is 0 Å². The summed E-state index contributed by atoms with van der Waals surface area (Å²) in [4.78, 5) is 7.94. The third kappa shape index (κ3) is 3.21. The quantitative estimate of drug-likeness (QED) is 0.883. The van der Waals surface area contributed by atoms with E-state index >= 15 is 0 Å². The molecule has 2 aromatic rings. The maximum atomic E-state index is 5.81. The van der Waals surface area contributed by atoms with Gasteiger partial charge in [0.05, 0.1) is 0 Å². The van der Waals surface area contributed by atoms with Crippen molar-refractivity contribution in [2.75, 3.05) is 11.9 Å². The van der Waals surface area contributed by atoms with Crippen molar-refractivity contribution in [1.29, 1.82) is 0 Å². The zero-order valence-corrected chi connectivity index (χ0v) is 9.48. The smallest absolute Gasteiger partial charge is 0.129 e. The molecular weight excluding hydrogens is 222 g/mol. The van der Waals surface area contributed by atoms with Gasteiger partial charge in [-0.3, -0.25) is 0 Å². The van der Waals surface area contributed by atoms with Crippen molar-refractivity contribution >= 4 is 17.4 Å². The Morgan fingerprint density at radius 3 is 2.62 bits per heavy atom. The first kappa shape index (κ1) is 10.9. The Bertz CT molecular complexity index is 428. The third-order valence-corrected chi connectivity index (χ3v) is 2.47. The second-order valence-electron chi connectivity index (χ2n) is 3.40. The molecule has 0 bridgehead atoms. The van der Waals surface area contributed by atoms with Crippen LogP contribution >= 0.6 is 11.6 Å². The number of nitrogens with zero attached hydrogens (tertiary/aromatic N) is 2. The second kappa shape index (κ2) is 5.47. The van der Waals surface area contributed by atoms with E-state index in [0.717, 1.165) is 23.8 Å². The molecule has 0 radical (unpaired) electrons. The van der Waals surface area contributed by atoms with Crippen LogP contribution in [0.5, 0.6) is 0 Å². The van der Waals surface area contributed by atoms with Crippen molar-refractivity contribution in [3.63, 3.8) is 0 Å². The third-order valence-electron chi connectivity index (χ3n) is 2.22. The van der Waals surface area contributed by atoms with Gasteiger partial charge in [0.2, 0.25) is 0 Å². The fraction of sp³-hybridized carbons (Fsp3) is 0.167. The number of aromatic nitrogens is 2. The van der Waals surface area contributed by atoms with E-state index in [1.165, 1.54) is 11.9 Å². The maximum absolute atomic E-state index is 5.81. The molecule has 1 aromatic heterocycles. The lowest BCUT2D eigenvalue weighted by atomic mass is 10.1. The molecule has 1 N–H and O–H groups in total. The van der Waals surface area contributed by atoms with Crippen molar-refractivity contribution < 1.29 is 0 Å². The molecule has 0 amide bonds. The summed E-state index contributed by atoms with van der Waals surface area (Å²) in [6.07, 6.45) is 4.20. The number of rotatable bonds is 4. The van der Waals surface area contributed by atoms with Gasteiger partial charge in [0.15, 0.2) is 0 Å². The van der Waals surface area contributed by atoms with Gasteiger partial charge in [-0.2, -0.15) is 0 Å². The fourth-order valence-corrected chi connectivity index (χ4v) is 1.51. The van der Waals surface area contributed by atoms with Gasteiger partial charge in [-0.25, -0.2) is 9.97 Å². The lowest BCUT2D eigenvalue weighted by Gasteiger charge is -2.04. The average molecular weight is 234 g/mol. The number of hydrogen-bond acceptors (Lipinski definition) is 3. The van der Waals surface area contributed by atoms with E-state index in [1.54, 1.807) is 6.20 Å². The summed E-state index contributed by atoms with van der Waals surface area (Å²) < 4.78 is 0. The molecule has 0 aliphatic heterocycles. The zero-order valence-electron chi connectivity index (χ0n) is 8.73. The summed E-state index contributed by atoms with van der Waals surface area (Å²) in [5.74, 6) is 0.851. The van der Waals surface area contributed by atoms with Crippen LogP contribution in [0, 0.1) is 0 Å². The van der Waals surface area contributed by atoms with E-state index in [9.17, 15) is 0 Å². The molecule has 0 fully saturated rings. The maximum Gasteiger partial charge on any atom is 0.129 e. The van der Waals surface area contributed by atoms with Gasteiger partial charge in [0.25, 0.3) is 0 Å². The zero-order chi connectivity index (χ0) is 11.2. The highest BCUT2D eigenvalue weighted by Gasteiger charge is 1.94. The Hall–Kier alpha value is -1.61. The Morgan fingerprint density at radius 1 is 1.12 bits per heavy atom. The van der Waals surface area contributed by atoms with Crippen molar-refractivity contribution in [3.05, 3.63) is 53.4 Å². The highest BCUT2D eigenvalue weighted by molar-refractivity contribution is 6.30. The van der Waals surface area contributed by atoms with E-state index in [1.807, 2.05) is 30.3 Å². The van der Waals surface area contributed by atoms with E-state index in [4.69, 9.17) is 11.6 Å². The molecule has 3 nitrogen and oxygen atoms in total. The Balaban J connectivity index is 1.82. The summed E-state index contributed by atoms with van der Waals surface area (Å²) in [6, 6.07) is 9.72. The second-order valence-corrected chi connectivity index (χ2v) is 3.83. The average Bonchev–Trinajstić information content (AvgIpc) is 2.33. The van der Waals surface area contributed by atoms with Crippen LogP contribution in [0.25, 0.3) is 0 Å². The predicted molar refractivity (Wildman–Crippen MR) is 65.7 cm³/mol. The number of halogens is 1. The molecular formula is C12H12ClN3. The monoisotopic (exact) mass is 233 g/mol. The summed E-state index contributed by atoms with van der Waals surface area (Å²) >= 11 is 5.81. The molecule has 16 heavy (non-hydrogen) atoms. The van der Waals surface area contributed by atoms with Crippen LogP contribution in [0.2, 0.25) is 5.02 Å². The number of benzene rings is 1. The molecule has 0 aliphatic carbocycles. The van der Waals surface area contributed by atoms with E-state index in [-0.39, 0.29) is 0 Å². The van der Waals surface area contributed by atoms with Gasteiger partial charge in [-0.1, -0.05) is 23.7 Å². The minimum Gasteiger partial charge on any atom is -0.370 e. The van der Waals surface area contributed by atoms with Crippen molar-refractivity contribution in [1.82, 2.24) is 9.97 Å². The first-order chi connectivity index (χ1) is 7.84. The molecule has 2 rings (SSSR count). The van der Waals surface area contributed by atoms with Crippen molar-refractivity contribution in [2.24, 2.45) is 0 Å². The summed E-state index contributed by atoms with van der Waals surface area (Å²) in [6.45, 7) is 0.846. The Morgan fingerprint density at radius 2 is 1.94 bits per heavy atom. The summed E-state index contributed by atoms with van der Waals surface area (Å²) in [5, 5.41) is 3.99. The van der Waals surface area contributed by atoms with Crippen LogP contribution in [0.4, 0.5) is 5.82 Å². The van der Waals surface area contributed by atoms with Crippen molar-refractivity contribution in [2.45, 2.75) is 6.42 Å². The van der Waals surface area contributed by atoms with Crippen LogP contribution in [-0.4, -0.2) is 16.5 Å². The normalized spacial score (nSPS) is 10.1. The van der Waals surface area contributed by atoms with Crippen molar-refractivity contribution in [3.8, 4) is 0 Å². The first-order valence-electron chi connectivity index (χ1n) is 5.09. The molecule has 0 atom stereocenters. The SMILES string of the molecule is Clc1ccc(CCNc2ccncn2)cc1. The van der Waals surface area contributed by atoms with Gasteiger partial charge in [0.1, 0.15) is 12.1 Å². The van der Waals surface area contributed by atoms with Crippen LogP contribution in [0.1, 0.15) is 5.56 Å². The minimum atomic E-state index is 0.771. The highest BCUT2D eigenvalue weighted by atomic mass is 35.5. The van der Waals surface area contributed by atoms with Gasteiger partial charge in [-0.05, 0) is 30.2 Å². The summed E-state index contributed by atoms with van der Waals surface area (Å²) in [5.41, 5.74) is 1.26. The fourth-order valence-electron chi connectivity index (χ4n) is 1.38. The first-order valence-corrected chi connectivity index (χ1v) is 5.47. The Labute approximate surface area is 99.5 Å². The lowest BCUT2D eigenvalue weighted by Crippen LogP contribution is -2.05. The van der Waals surface area contributed by atoms with E-state index in [0.29, 0.717) is 0 Å². The number of hydrogen-bond donors (Lipinski definition) is 1. The van der Waals surface area contributed by atoms with Crippen LogP contribution < -0.4 is 5.32 Å². The molecule has 1 aromatic carbocycles. The van der Waals surface area contributed by atoms with Crippen LogP contribution in [-0.2, 0) is 6.42 Å². The molecule has 1 heterocycles. The van der Waals surface area contributed by atoms with Gasteiger partial charge in [0, 0.05) is 17.8 Å². The highest BCUT2D eigenvalue weighted by Crippen LogP contribution is 2.10. The van der Waals surface area contributed by atoms with E-state index < -0.39 is 0 Å². The van der Waals surface area contributed by atoms with Crippen LogP contribution in [0.15, 0.2) is 42.9 Å². The van der Waals surface area contributed by atoms with Gasteiger partial charge in [-0.15, -0.1) is 0 Å².